The van der Waals surface area contributed by atoms with Crippen molar-refractivity contribution in [2.45, 2.75) is 6.54 Å². The number of rotatable bonds is 5. The topological polar surface area (TPSA) is 64.4 Å². The molecule has 5 nitrogen and oxygen atoms in total. The standard InChI is InChI=1S/C14H13FN2O3/c1-20-14-6-5-10(7-13(14)17(18)19)9-16-12-4-2-3-11(15)8-12/h2-8,16H,9H2,1H3. The molecule has 0 bridgehead atoms. The van der Waals surface area contributed by atoms with Crippen molar-refractivity contribution < 1.29 is 14.1 Å². The molecule has 2 aromatic carbocycles. The lowest BCUT2D eigenvalue weighted by molar-refractivity contribution is -0.385. The van der Waals surface area contributed by atoms with Gasteiger partial charge in [0.25, 0.3) is 0 Å². The summed E-state index contributed by atoms with van der Waals surface area (Å²) in [6.45, 7) is 0.355. The molecular formula is C14H13FN2O3. The summed E-state index contributed by atoms with van der Waals surface area (Å²) >= 11 is 0. The van der Waals surface area contributed by atoms with Crippen molar-refractivity contribution in [3.63, 3.8) is 0 Å². The minimum absolute atomic E-state index is 0.0916. The molecule has 104 valence electrons. The molecule has 0 amide bonds. The molecule has 2 rings (SSSR count). The van der Waals surface area contributed by atoms with Crippen molar-refractivity contribution in [2.75, 3.05) is 12.4 Å². The number of methoxy groups -OCH3 is 1. The average molecular weight is 276 g/mol. The molecule has 1 N–H and O–H groups in total. The zero-order valence-electron chi connectivity index (χ0n) is 10.8. The molecule has 0 unspecified atom stereocenters. The molecule has 2 aromatic rings. The smallest absolute Gasteiger partial charge is 0.311 e. The van der Waals surface area contributed by atoms with E-state index in [1.807, 2.05) is 0 Å². The number of ether oxygens (including phenoxy) is 1. The molecule has 20 heavy (non-hydrogen) atoms. The first-order valence-electron chi connectivity index (χ1n) is 5.91. The molecule has 0 fully saturated rings. The lowest BCUT2D eigenvalue weighted by Gasteiger charge is -2.08. The number of benzene rings is 2. The van der Waals surface area contributed by atoms with E-state index in [-0.39, 0.29) is 17.3 Å². The van der Waals surface area contributed by atoms with E-state index in [9.17, 15) is 14.5 Å². The number of nitro benzene ring substituents is 1. The SMILES string of the molecule is COc1ccc(CNc2cccc(F)c2)cc1[N+](=O)[O-]. The normalized spacial score (nSPS) is 10.1. The Morgan fingerprint density at radius 2 is 2.10 bits per heavy atom. The summed E-state index contributed by atoms with van der Waals surface area (Å²) in [6, 6.07) is 10.7. The van der Waals surface area contributed by atoms with Crippen LogP contribution in [0.2, 0.25) is 0 Å². The van der Waals surface area contributed by atoms with E-state index in [4.69, 9.17) is 4.74 Å². The average Bonchev–Trinajstić information content (AvgIpc) is 2.45. The van der Waals surface area contributed by atoms with Crippen LogP contribution in [0.1, 0.15) is 5.56 Å². The zero-order valence-corrected chi connectivity index (χ0v) is 10.8. The predicted molar refractivity (Wildman–Crippen MR) is 73.4 cm³/mol. The molecule has 0 aromatic heterocycles. The van der Waals surface area contributed by atoms with Crippen LogP contribution in [0.25, 0.3) is 0 Å². The van der Waals surface area contributed by atoms with Crippen LogP contribution in [0, 0.1) is 15.9 Å². The van der Waals surface area contributed by atoms with Crippen LogP contribution < -0.4 is 10.1 Å². The van der Waals surface area contributed by atoms with E-state index < -0.39 is 4.92 Å². The summed E-state index contributed by atoms with van der Waals surface area (Å²) in [5, 5.41) is 13.9. The third-order valence-electron chi connectivity index (χ3n) is 2.76. The summed E-state index contributed by atoms with van der Waals surface area (Å²) in [6.07, 6.45) is 0. The zero-order chi connectivity index (χ0) is 14.5. The fourth-order valence-corrected chi connectivity index (χ4v) is 1.79. The Balaban J connectivity index is 2.14. The van der Waals surface area contributed by atoms with Crippen molar-refractivity contribution in [2.24, 2.45) is 0 Å². The van der Waals surface area contributed by atoms with Gasteiger partial charge in [0.15, 0.2) is 5.75 Å². The van der Waals surface area contributed by atoms with Crippen molar-refractivity contribution in [1.82, 2.24) is 0 Å². The van der Waals surface area contributed by atoms with Crippen LogP contribution in [0.5, 0.6) is 5.75 Å². The summed E-state index contributed by atoms with van der Waals surface area (Å²) in [5.74, 6) is -0.125. The van der Waals surface area contributed by atoms with Crippen LogP contribution in [0.3, 0.4) is 0 Å². The first-order valence-corrected chi connectivity index (χ1v) is 5.91. The van der Waals surface area contributed by atoms with E-state index in [0.29, 0.717) is 17.8 Å². The van der Waals surface area contributed by atoms with Crippen LogP contribution in [0.15, 0.2) is 42.5 Å². The van der Waals surface area contributed by atoms with Gasteiger partial charge in [-0.1, -0.05) is 12.1 Å². The maximum Gasteiger partial charge on any atom is 0.311 e. The molecule has 0 aliphatic rings. The van der Waals surface area contributed by atoms with E-state index >= 15 is 0 Å². The van der Waals surface area contributed by atoms with E-state index in [0.717, 1.165) is 0 Å². The van der Waals surface area contributed by atoms with Crippen molar-refractivity contribution >= 4 is 11.4 Å². The van der Waals surface area contributed by atoms with Crippen molar-refractivity contribution in [3.8, 4) is 5.75 Å². The van der Waals surface area contributed by atoms with Gasteiger partial charge in [-0.25, -0.2) is 4.39 Å². The second kappa shape index (κ2) is 6.01. The fraction of sp³-hybridized carbons (Fsp3) is 0.143. The van der Waals surface area contributed by atoms with Gasteiger partial charge in [-0.15, -0.1) is 0 Å². The Bertz CT molecular complexity index is 632. The summed E-state index contributed by atoms with van der Waals surface area (Å²) < 4.78 is 17.9. The highest BCUT2D eigenvalue weighted by Crippen LogP contribution is 2.27. The second-order valence-corrected chi connectivity index (χ2v) is 4.13. The second-order valence-electron chi connectivity index (χ2n) is 4.13. The molecule has 0 saturated heterocycles. The van der Waals surface area contributed by atoms with Gasteiger partial charge in [0, 0.05) is 18.3 Å². The number of hydrogen-bond donors (Lipinski definition) is 1. The van der Waals surface area contributed by atoms with Crippen LogP contribution in [-0.4, -0.2) is 12.0 Å². The Morgan fingerprint density at radius 3 is 2.75 bits per heavy atom. The number of nitrogens with one attached hydrogen (secondary N) is 1. The molecule has 0 saturated carbocycles. The van der Waals surface area contributed by atoms with E-state index in [1.165, 1.54) is 25.3 Å². The third kappa shape index (κ3) is 3.23. The Kier molecular flexibility index (Phi) is 4.14. The van der Waals surface area contributed by atoms with Gasteiger partial charge in [0.2, 0.25) is 0 Å². The number of hydrogen-bond acceptors (Lipinski definition) is 4. The minimum Gasteiger partial charge on any atom is -0.490 e. The molecule has 0 aliphatic heterocycles. The molecule has 0 radical (unpaired) electrons. The summed E-state index contributed by atoms with van der Waals surface area (Å²) in [5.41, 5.74) is 1.23. The van der Waals surface area contributed by atoms with Gasteiger partial charge in [-0.05, 0) is 29.8 Å². The van der Waals surface area contributed by atoms with E-state index in [1.54, 1.807) is 24.3 Å². The summed E-state index contributed by atoms with van der Waals surface area (Å²) in [7, 11) is 1.38. The van der Waals surface area contributed by atoms with Crippen molar-refractivity contribution in [3.05, 3.63) is 64.0 Å². The maximum atomic E-state index is 13.0. The number of anilines is 1. The van der Waals surface area contributed by atoms with E-state index in [2.05, 4.69) is 5.32 Å². The fourth-order valence-electron chi connectivity index (χ4n) is 1.79. The predicted octanol–water partition coefficient (Wildman–Crippen LogP) is 3.35. The van der Waals surface area contributed by atoms with Crippen LogP contribution in [-0.2, 0) is 6.54 Å². The summed E-state index contributed by atoms with van der Waals surface area (Å²) in [4.78, 5) is 10.4. The monoisotopic (exact) mass is 276 g/mol. The lowest BCUT2D eigenvalue weighted by atomic mass is 10.2. The molecule has 0 aliphatic carbocycles. The van der Waals surface area contributed by atoms with Gasteiger partial charge in [-0.3, -0.25) is 10.1 Å². The van der Waals surface area contributed by atoms with Crippen molar-refractivity contribution in [1.29, 1.82) is 0 Å². The Morgan fingerprint density at radius 1 is 1.30 bits per heavy atom. The van der Waals surface area contributed by atoms with Gasteiger partial charge in [-0.2, -0.15) is 0 Å². The number of halogens is 1. The molecule has 6 heteroatoms. The largest absolute Gasteiger partial charge is 0.490 e. The molecule has 0 spiro atoms. The highest BCUT2D eigenvalue weighted by atomic mass is 19.1. The van der Waals surface area contributed by atoms with Gasteiger partial charge >= 0.3 is 5.69 Å². The lowest BCUT2D eigenvalue weighted by Crippen LogP contribution is -2.01. The number of nitro groups is 1. The maximum absolute atomic E-state index is 13.0. The Labute approximate surface area is 115 Å². The Hall–Kier alpha value is -2.63. The molecule has 0 atom stereocenters. The molecular weight excluding hydrogens is 263 g/mol. The molecule has 0 heterocycles. The highest BCUT2D eigenvalue weighted by molar-refractivity contribution is 5.50. The van der Waals surface area contributed by atoms with Gasteiger partial charge in [0.1, 0.15) is 5.82 Å². The number of nitrogens with zero attached hydrogens (tertiary/aromatic N) is 1. The van der Waals surface area contributed by atoms with Crippen LogP contribution in [0.4, 0.5) is 15.8 Å². The first-order chi connectivity index (χ1) is 9.60. The first kappa shape index (κ1) is 13.8. The van der Waals surface area contributed by atoms with Gasteiger partial charge < -0.3 is 10.1 Å². The quantitative estimate of drug-likeness (QED) is 0.671. The third-order valence-corrected chi connectivity index (χ3v) is 2.76. The van der Waals surface area contributed by atoms with Gasteiger partial charge in [0.05, 0.1) is 12.0 Å². The minimum atomic E-state index is -0.496. The highest BCUT2D eigenvalue weighted by Gasteiger charge is 2.14. The van der Waals surface area contributed by atoms with Crippen LogP contribution >= 0.6 is 0 Å².